The first-order chi connectivity index (χ1) is 7.13. The minimum Gasteiger partial charge on any atom is -0.384 e. The smallest absolute Gasteiger partial charge is 0.124 e. The Morgan fingerprint density at radius 2 is 2.20 bits per heavy atom. The van der Waals surface area contributed by atoms with Crippen molar-refractivity contribution < 1.29 is 4.39 Å². The fourth-order valence-electron chi connectivity index (χ4n) is 1.22. The summed E-state index contributed by atoms with van der Waals surface area (Å²) >= 11 is 1.76. The van der Waals surface area contributed by atoms with Crippen LogP contribution in [0.1, 0.15) is 24.5 Å². The molecule has 2 nitrogen and oxygen atoms in total. The summed E-state index contributed by atoms with van der Waals surface area (Å²) in [5, 5.41) is 7.25. The summed E-state index contributed by atoms with van der Waals surface area (Å²) in [6, 6.07) is 4.56. The molecule has 15 heavy (non-hydrogen) atoms. The zero-order valence-electron chi connectivity index (χ0n) is 8.72. The fourth-order valence-corrected chi connectivity index (χ4v) is 2.06. The van der Waals surface area contributed by atoms with Crippen LogP contribution in [0.4, 0.5) is 4.39 Å². The normalized spacial score (nSPS) is 10.3. The van der Waals surface area contributed by atoms with Gasteiger partial charge in [0.05, 0.1) is 0 Å². The van der Waals surface area contributed by atoms with E-state index in [0.29, 0.717) is 5.56 Å². The van der Waals surface area contributed by atoms with E-state index in [4.69, 9.17) is 11.1 Å². The summed E-state index contributed by atoms with van der Waals surface area (Å²) in [6.45, 7) is 2.11. The lowest BCUT2D eigenvalue weighted by Gasteiger charge is -2.04. The van der Waals surface area contributed by atoms with Crippen molar-refractivity contribution in [3.05, 3.63) is 35.1 Å². The number of nitrogens with two attached hydrogens (primary N) is 1. The van der Waals surface area contributed by atoms with Gasteiger partial charge >= 0.3 is 0 Å². The summed E-state index contributed by atoms with van der Waals surface area (Å²) in [7, 11) is 0. The highest BCUT2D eigenvalue weighted by molar-refractivity contribution is 7.98. The summed E-state index contributed by atoms with van der Waals surface area (Å²) in [5.74, 6) is 1.42. The highest BCUT2D eigenvalue weighted by atomic mass is 32.2. The van der Waals surface area contributed by atoms with E-state index >= 15 is 0 Å². The Balaban J connectivity index is 2.75. The van der Waals surface area contributed by atoms with Crippen molar-refractivity contribution in [1.82, 2.24) is 0 Å². The predicted octanol–water partition coefficient (Wildman–Crippen LogP) is 2.75. The maximum Gasteiger partial charge on any atom is 0.124 e. The van der Waals surface area contributed by atoms with E-state index in [-0.39, 0.29) is 11.7 Å². The molecule has 0 aliphatic carbocycles. The second kappa shape index (κ2) is 5.75. The number of amidine groups is 1. The molecule has 0 amide bonds. The van der Waals surface area contributed by atoms with E-state index in [1.165, 1.54) is 12.1 Å². The van der Waals surface area contributed by atoms with Crippen LogP contribution < -0.4 is 5.73 Å². The molecule has 0 saturated carbocycles. The van der Waals surface area contributed by atoms with Crippen LogP contribution in [-0.4, -0.2) is 11.6 Å². The Labute approximate surface area is 93.6 Å². The van der Waals surface area contributed by atoms with Gasteiger partial charge in [0, 0.05) is 11.3 Å². The van der Waals surface area contributed by atoms with Crippen molar-refractivity contribution in [1.29, 1.82) is 5.41 Å². The van der Waals surface area contributed by atoms with Crippen molar-refractivity contribution >= 4 is 17.6 Å². The molecular formula is C11H15FN2S. The second-order valence-corrected chi connectivity index (χ2v) is 4.42. The molecule has 0 radical (unpaired) electrons. The summed E-state index contributed by atoms with van der Waals surface area (Å²) in [4.78, 5) is 0. The molecule has 0 spiro atoms. The molecule has 82 valence electrons. The van der Waals surface area contributed by atoms with Crippen LogP contribution in [0.25, 0.3) is 0 Å². The number of benzene rings is 1. The Morgan fingerprint density at radius 3 is 2.80 bits per heavy atom. The summed E-state index contributed by atoms with van der Waals surface area (Å²) in [6.07, 6.45) is 1.11. The Kier molecular flexibility index (Phi) is 4.62. The SMILES string of the molecule is CCCSCc1cc(F)cc(C(=N)N)c1. The molecule has 0 aliphatic heterocycles. The van der Waals surface area contributed by atoms with Gasteiger partial charge < -0.3 is 5.73 Å². The minimum absolute atomic E-state index is 0.0868. The molecule has 0 heterocycles. The van der Waals surface area contributed by atoms with Gasteiger partial charge in [0.15, 0.2) is 0 Å². The first-order valence-electron chi connectivity index (χ1n) is 4.85. The average molecular weight is 226 g/mol. The largest absolute Gasteiger partial charge is 0.384 e. The molecular weight excluding hydrogens is 211 g/mol. The molecule has 1 rings (SSSR count). The van der Waals surface area contributed by atoms with E-state index < -0.39 is 0 Å². The zero-order valence-corrected chi connectivity index (χ0v) is 9.53. The van der Waals surface area contributed by atoms with Crippen molar-refractivity contribution in [2.24, 2.45) is 5.73 Å². The maximum absolute atomic E-state index is 13.1. The van der Waals surface area contributed by atoms with Gasteiger partial charge in [0.25, 0.3) is 0 Å². The molecule has 0 aliphatic rings. The van der Waals surface area contributed by atoms with E-state index in [9.17, 15) is 4.39 Å². The Hall–Kier alpha value is -1.03. The summed E-state index contributed by atoms with van der Waals surface area (Å²) in [5.41, 5.74) is 6.66. The number of nitrogens with one attached hydrogen (secondary N) is 1. The topological polar surface area (TPSA) is 49.9 Å². The van der Waals surface area contributed by atoms with Crippen LogP contribution in [0.3, 0.4) is 0 Å². The molecule has 0 aromatic heterocycles. The average Bonchev–Trinajstić information content (AvgIpc) is 2.17. The second-order valence-electron chi connectivity index (χ2n) is 3.31. The Morgan fingerprint density at radius 1 is 1.47 bits per heavy atom. The number of halogens is 1. The number of hydrogen-bond donors (Lipinski definition) is 2. The first kappa shape index (κ1) is 12.0. The van der Waals surface area contributed by atoms with Crippen LogP contribution in [0, 0.1) is 11.2 Å². The van der Waals surface area contributed by atoms with Crippen molar-refractivity contribution in [3.63, 3.8) is 0 Å². The lowest BCUT2D eigenvalue weighted by molar-refractivity contribution is 0.626. The molecule has 4 heteroatoms. The molecule has 0 atom stereocenters. The number of hydrogen-bond acceptors (Lipinski definition) is 2. The predicted molar refractivity (Wildman–Crippen MR) is 63.9 cm³/mol. The quantitative estimate of drug-likeness (QED) is 0.461. The van der Waals surface area contributed by atoms with Crippen LogP contribution in [0.5, 0.6) is 0 Å². The first-order valence-corrected chi connectivity index (χ1v) is 6.00. The highest BCUT2D eigenvalue weighted by Gasteiger charge is 2.03. The van der Waals surface area contributed by atoms with Crippen LogP contribution in [-0.2, 0) is 5.75 Å². The standard InChI is InChI=1S/C11H15FN2S/c1-2-3-15-7-8-4-9(11(13)14)6-10(12)5-8/h4-6H,2-3,7H2,1H3,(H3,13,14). The molecule has 0 bridgehead atoms. The zero-order chi connectivity index (χ0) is 11.3. The van der Waals surface area contributed by atoms with E-state index in [1.807, 2.05) is 0 Å². The van der Waals surface area contributed by atoms with Gasteiger partial charge in [-0.05, 0) is 35.9 Å². The minimum atomic E-state index is -0.324. The third kappa shape index (κ3) is 3.91. The lowest BCUT2D eigenvalue weighted by Crippen LogP contribution is -2.11. The molecule has 0 unspecified atom stereocenters. The molecule has 1 aromatic rings. The van der Waals surface area contributed by atoms with Gasteiger partial charge in [-0.3, -0.25) is 5.41 Å². The van der Waals surface area contributed by atoms with Crippen LogP contribution in [0.15, 0.2) is 18.2 Å². The monoisotopic (exact) mass is 226 g/mol. The summed E-state index contributed by atoms with van der Waals surface area (Å²) < 4.78 is 13.1. The van der Waals surface area contributed by atoms with Crippen molar-refractivity contribution in [3.8, 4) is 0 Å². The van der Waals surface area contributed by atoms with Gasteiger partial charge in [0.2, 0.25) is 0 Å². The number of rotatable bonds is 5. The molecule has 1 aromatic carbocycles. The highest BCUT2D eigenvalue weighted by Crippen LogP contribution is 2.16. The number of thioether (sulfide) groups is 1. The van der Waals surface area contributed by atoms with Crippen molar-refractivity contribution in [2.45, 2.75) is 19.1 Å². The van der Waals surface area contributed by atoms with Crippen LogP contribution in [0.2, 0.25) is 0 Å². The molecule has 0 fully saturated rings. The number of nitrogen functional groups attached to an aromatic ring is 1. The van der Waals surface area contributed by atoms with Gasteiger partial charge in [-0.15, -0.1) is 0 Å². The third-order valence-electron chi connectivity index (χ3n) is 1.89. The van der Waals surface area contributed by atoms with Crippen molar-refractivity contribution in [2.75, 3.05) is 5.75 Å². The molecule has 3 N–H and O–H groups in total. The lowest BCUT2D eigenvalue weighted by atomic mass is 10.1. The third-order valence-corrected chi connectivity index (χ3v) is 3.12. The van der Waals surface area contributed by atoms with E-state index in [2.05, 4.69) is 6.92 Å². The van der Waals surface area contributed by atoms with Gasteiger partial charge in [0.1, 0.15) is 11.7 Å². The maximum atomic E-state index is 13.1. The molecule has 0 saturated heterocycles. The van der Waals surface area contributed by atoms with Gasteiger partial charge in [-0.25, -0.2) is 4.39 Å². The Bertz CT molecular complexity index is 352. The van der Waals surface area contributed by atoms with E-state index in [0.717, 1.165) is 23.5 Å². The van der Waals surface area contributed by atoms with Crippen LogP contribution >= 0.6 is 11.8 Å². The fraction of sp³-hybridized carbons (Fsp3) is 0.364. The van der Waals surface area contributed by atoms with Gasteiger partial charge in [-0.2, -0.15) is 11.8 Å². The van der Waals surface area contributed by atoms with E-state index in [1.54, 1.807) is 17.8 Å². The van der Waals surface area contributed by atoms with Gasteiger partial charge in [-0.1, -0.05) is 6.92 Å².